The highest BCUT2D eigenvalue weighted by Gasteiger charge is 2.24. The Kier molecular flexibility index (Phi) is 5.22. The van der Waals surface area contributed by atoms with Crippen molar-refractivity contribution in [2.75, 3.05) is 34.9 Å². The number of hydrogen-bond acceptors (Lipinski definition) is 6. The molecular formula is C14H22N4O2S. The molecule has 116 valence electrons. The third kappa shape index (κ3) is 3.37. The summed E-state index contributed by atoms with van der Waals surface area (Å²) in [6.45, 7) is 1.64. The minimum Gasteiger partial charge on any atom is -0.496 e. The average Bonchev–Trinajstić information content (AvgIpc) is 3.10. The van der Waals surface area contributed by atoms with Gasteiger partial charge in [-0.1, -0.05) is 0 Å². The third-order valence-corrected chi connectivity index (χ3v) is 4.26. The van der Waals surface area contributed by atoms with Crippen LogP contribution >= 0.6 is 11.3 Å². The zero-order chi connectivity index (χ0) is 15.4. The third-order valence-electron chi connectivity index (χ3n) is 3.28. The predicted molar refractivity (Wildman–Crippen MR) is 84.2 cm³/mol. The first-order valence-corrected chi connectivity index (χ1v) is 7.57. The molecule has 1 atom stereocenters. The van der Waals surface area contributed by atoms with E-state index in [1.54, 1.807) is 31.8 Å². The molecule has 0 spiro atoms. The maximum absolute atomic E-state index is 6.44. The van der Waals surface area contributed by atoms with Crippen molar-refractivity contribution in [2.24, 2.45) is 5.73 Å². The molecule has 2 aromatic rings. The Labute approximate surface area is 129 Å². The number of nitrogens with zero attached hydrogens (tertiary/aromatic N) is 3. The summed E-state index contributed by atoms with van der Waals surface area (Å²) in [5.41, 5.74) is 7.32. The lowest BCUT2D eigenvalue weighted by atomic mass is 10.1. The van der Waals surface area contributed by atoms with Crippen LogP contribution in [0.3, 0.4) is 0 Å². The fourth-order valence-electron chi connectivity index (χ4n) is 2.15. The molecule has 7 heteroatoms. The van der Waals surface area contributed by atoms with Crippen LogP contribution in [0.5, 0.6) is 11.5 Å². The van der Waals surface area contributed by atoms with Crippen LogP contribution in [0.1, 0.15) is 16.6 Å². The highest BCUT2D eigenvalue weighted by molar-refractivity contribution is 7.10. The van der Waals surface area contributed by atoms with Crippen molar-refractivity contribution in [1.29, 1.82) is 0 Å². The van der Waals surface area contributed by atoms with E-state index in [1.807, 2.05) is 30.2 Å². The number of aromatic nitrogens is 2. The van der Waals surface area contributed by atoms with Gasteiger partial charge in [0.05, 0.1) is 37.9 Å². The number of rotatable bonds is 7. The van der Waals surface area contributed by atoms with Crippen LogP contribution in [0.15, 0.2) is 17.6 Å². The molecule has 0 fully saturated rings. The number of thiophene rings is 1. The molecule has 0 bridgehead atoms. The Morgan fingerprint density at radius 3 is 2.67 bits per heavy atom. The Hall–Kier alpha value is -1.57. The van der Waals surface area contributed by atoms with Crippen molar-refractivity contribution < 1.29 is 9.47 Å². The van der Waals surface area contributed by atoms with E-state index in [-0.39, 0.29) is 6.04 Å². The van der Waals surface area contributed by atoms with E-state index in [2.05, 4.69) is 10.00 Å². The number of methoxy groups -OCH3 is 2. The van der Waals surface area contributed by atoms with Gasteiger partial charge >= 0.3 is 0 Å². The Morgan fingerprint density at radius 1 is 1.33 bits per heavy atom. The molecule has 2 rings (SSSR count). The summed E-state index contributed by atoms with van der Waals surface area (Å²) in [5.74, 6) is 1.51. The summed E-state index contributed by atoms with van der Waals surface area (Å²) in [7, 11) is 7.35. The largest absolute Gasteiger partial charge is 0.496 e. The van der Waals surface area contributed by atoms with Crippen LogP contribution in [0.4, 0.5) is 0 Å². The molecule has 0 radical (unpaired) electrons. The fraction of sp³-hybridized carbons (Fsp3) is 0.500. The van der Waals surface area contributed by atoms with E-state index < -0.39 is 0 Å². The number of ether oxygens (including phenoxy) is 2. The SMILES string of the molecule is COc1ccsc1C(N)c1c(OC)cnn1CCN(C)C. The first-order chi connectivity index (χ1) is 10.1. The van der Waals surface area contributed by atoms with E-state index in [0.717, 1.165) is 29.4 Å². The van der Waals surface area contributed by atoms with Crippen molar-refractivity contribution >= 4 is 11.3 Å². The molecule has 1 unspecified atom stereocenters. The minimum absolute atomic E-state index is 0.320. The molecule has 0 aliphatic heterocycles. The lowest BCUT2D eigenvalue weighted by molar-refractivity contribution is 0.362. The van der Waals surface area contributed by atoms with E-state index in [9.17, 15) is 0 Å². The van der Waals surface area contributed by atoms with Crippen molar-refractivity contribution in [3.05, 3.63) is 28.2 Å². The van der Waals surface area contributed by atoms with E-state index in [0.29, 0.717) is 5.75 Å². The lowest BCUT2D eigenvalue weighted by Gasteiger charge is -2.17. The zero-order valence-corrected chi connectivity index (χ0v) is 13.7. The number of hydrogen-bond donors (Lipinski definition) is 1. The monoisotopic (exact) mass is 310 g/mol. The van der Waals surface area contributed by atoms with Crippen molar-refractivity contribution in [2.45, 2.75) is 12.6 Å². The highest BCUT2D eigenvalue weighted by atomic mass is 32.1. The van der Waals surface area contributed by atoms with Gasteiger partial charge in [-0.25, -0.2) is 0 Å². The van der Waals surface area contributed by atoms with Gasteiger partial charge in [0.25, 0.3) is 0 Å². The predicted octanol–water partition coefficient (Wildman–Crippen LogP) is 1.57. The normalized spacial score (nSPS) is 12.7. The second-order valence-corrected chi connectivity index (χ2v) is 5.90. The van der Waals surface area contributed by atoms with Gasteiger partial charge in [-0.3, -0.25) is 4.68 Å². The van der Waals surface area contributed by atoms with E-state index >= 15 is 0 Å². The van der Waals surface area contributed by atoms with Crippen molar-refractivity contribution in [3.8, 4) is 11.5 Å². The number of likely N-dealkylation sites (N-methyl/N-ethyl adjacent to an activating group) is 1. The lowest BCUT2D eigenvalue weighted by Crippen LogP contribution is -2.23. The van der Waals surface area contributed by atoms with Gasteiger partial charge in [0.15, 0.2) is 5.75 Å². The fourth-order valence-corrected chi connectivity index (χ4v) is 3.01. The molecule has 2 aromatic heterocycles. The molecule has 0 amide bonds. The van der Waals surface area contributed by atoms with Gasteiger partial charge in [0.1, 0.15) is 11.4 Å². The van der Waals surface area contributed by atoms with Gasteiger partial charge in [-0.05, 0) is 25.5 Å². The van der Waals surface area contributed by atoms with Gasteiger partial charge in [-0.15, -0.1) is 11.3 Å². The highest BCUT2D eigenvalue weighted by Crippen LogP contribution is 2.36. The average molecular weight is 310 g/mol. The van der Waals surface area contributed by atoms with E-state index in [1.165, 1.54) is 0 Å². The van der Waals surface area contributed by atoms with Crippen LogP contribution in [0.25, 0.3) is 0 Å². The van der Waals surface area contributed by atoms with Gasteiger partial charge in [0, 0.05) is 6.54 Å². The number of nitrogens with two attached hydrogens (primary N) is 1. The molecule has 0 aliphatic carbocycles. The van der Waals surface area contributed by atoms with Crippen LogP contribution in [-0.4, -0.2) is 49.5 Å². The second-order valence-electron chi connectivity index (χ2n) is 4.96. The molecule has 21 heavy (non-hydrogen) atoms. The first kappa shape index (κ1) is 15.8. The van der Waals surface area contributed by atoms with Crippen LogP contribution in [0, 0.1) is 0 Å². The summed E-state index contributed by atoms with van der Waals surface area (Å²) >= 11 is 1.58. The van der Waals surface area contributed by atoms with Crippen molar-refractivity contribution in [3.63, 3.8) is 0 Å². The Bertz CT molecular complexity index is 579. The molecule has 6 nitrogen and oxygen atoms in total. The smallest absolute Gasteiger partial charge is 0.161 e. The Morgan fingerprint density at radius 2 is 2.05 bits per heavy atom. The summed E-state index contributed by atoms with van der Waals surface area (Å²) in [6.07, 6.45) is 1.71. The molecule has 2 N–H and O–H groups in total. The maximum atomic E-state index is 6.44. The molecule has 0 aliphatic rings. The minimum atomic E-state index is -0.320. The molecule has 2 heterocycles. The van der Waals surface area contributed by atoms with E-state index in [4.69, 9.17) is 15.2 Å². The van der Waals surface area contributed by atoms with Crippen LogP contribution in [-0.2, 0) is 6.54 Å². The maximum Gasteiger partial charge on any atom is 0.161 e. The van der Waals surface area contributed by atoms with Gasteiger partial charge < -0.3 is 20.1 Å². The molecule has 0 saturated carbocycles. The first-order valence-electron chi connectivity index (χ1n) is 6.69. The Balaban J connectivity index is 2.34. The second kappa shape index (κ2) is 6.93. The van der Waals surface area contributed by atoms with Crippen LogP contribution in [0.2, 0.25) is 0 Å². The topological polar surface area (TPSA) is 65.5 Å². The molecule has 0 saturated heterocycles. The summed E-state index contributed by atoms with van der Waals surface area (Å²) in [4.78, 5) is 3.08. The van der Waals surface area contributed by atoms with Gasteiger partial charge in [0.2, 0.25) is 0 Å². The molecule has 0 aromatic carbocycles. The zero-order valence-electron chi connectivity index (χ0n) is 12.9. The quantitative estimate of drug-likeness (QED) is 0.841. The summed E-state index contributed by atoms with van der Waals surface area (Å²) < 4.78 is 12.7. The molecular weight excluding hydrogens is 288 g/mol. The summed E-state index contributed by atoms with van der Waals surface area (Å²) in [5, 5.41) is 6.37. The van der Waals surface area contributed by atoms with Gasteiger partial charge in [-0.2, -0.15) is 5.10 Å². The van der Waals surface area contributed by atoms with Crippen molar-refractivity contribution in [1.82, 2.24) is 14.7 Å². The summed E-state index contributed by atoms with van der Waals surface area (Å²) in [6, 6.07) is 1.60. The van der Waals surface area contributed by atoms with Crippen LogP contribution < -0.4 is 15.2 Å². The standard InChI is InChI=1S/C14H22N4O2S/c1-17(2)6-7-18-13(11(20-4)9-16-18)12(15)14-10(19-3)5-8-21-14/h5,8-9,12H,6-7,15H2,1-4H3.